The average Bonchev–Trinajstić information content (AvgIpc) is 3.11. The van der Waals surface area contributed by atoms with Gasteiger partial charge in [-0.2, -0.15) is 18.2 Å². The van der Waals surface area contributed by atoms with E-state index >= 15 is 0 Å². The fraction of sp³-hybridized carbons (Fsp3) is 0.333. The third-order valence-electron chi connectivity index (χ3n) is 3.57. The number of hydrogen-bond donors (Lipinski definition) is 1. The van der Waals surface area contributed by atoms with Crippen LogP contribution in [-0.4, -0.2) is 26.4 Å². The van der Waals surface area contributed by atoms with Crippen LogP contribution in [0.1, 0.15) is 24.3 Å². The van der Waals surface area contributed by atoms with Crippen molar-refractivity contribution in [2.75, 3.05) is 5.32 Å². The minimum Gasteiger partial charge on any atom is -0.357 e. The molecule has 1 fully saturated rings. The van der Waals surface area contributed by atoms with E-state index in [0.29, 0.717) is 23.2 Å². The molecule has 0 bridgehead atoms. The van der Waals surface area contributed by atoms with Crippen molar-refractivity contribution >= 4 is 28.2 Å². The van der Waals surface area contributed by atoms with Crippen LogP contribution in [0.4, 0.5) is 18.3 Å². The van der Waals surface area contributed by atoms with Crippen molar-refractivity contribution in [2.24, 2.45) is 0 Å². The van der Waals surface area contributed by atoms with Crippen LogP contribution >= 0.6 is 23.1 Å². The summed E-state index contributed by atoms with van der Waals surface area (Å²) in [5, 5.41) is 16.0. The van der Waals surface area contributed by atoms with E-state index in [9.17, 15) is 13.2 Å². The Morgan fingerprint density at radius 3 is 2.65 bits per heavy atom. The van der Waals surface area contributed by atoms with Gasteiger partial charge in [0.1, 0.15) is 0 Å². The second-order valence-corrected chi connectivity index (χ2v) is 7.87. The van der Waals surface area contributed by atoms with Gasteiger partial charge >= 0.3 is 6.18 Å². The van der Waals surface area contributed by atoms with Crippen LogP contribution in [0.15, 0.2) is 33.1 Å². The Morgan fingerprint density at radius 2 is 1.96 bits per heavy atom. The lowest BCUT2D eigenvalue weighted by atomic mass is 10.1. The van der Waals surface area contributed by atoms with E-state index in [-0.39, 0.29) is 5.82 Å². The summed E-state index contributed by atoms with van der Waals surface area (Å²) < 4.78 is 43.7. The molecular weight excluding hydrogens is 387 g/mol. The van der Waals surface area contributed by atoms with Crippen LogP contribution in [0.25, 0.3) is 11.4 Å². The molecule has 1 aliphatic carbocycles. The molecule has 1 aliphatic rings. The SMILES string of the molecule is FC(F)(F)c1ccc(-c2noc(CSc3nnc(NC4CC4)s3)n2)cc1. The molecule has 1 aromatic carbocycles. The van der Waals surface area contributed by atoms with E-state index in [1.807, 2.05) is 0 Å². The second-order valence-electron chi connectivity index (χ2n) is 5.67. The molecule has 1 saturated carbocycles. The fourth-order valence-electron chi connectivity index (χ4n) is 2.09. The van der Waals surface area contributed by atoms with Crippen molar-refractivity contribution < 1.29 is 17.7 Å². The minimum atomic E-state index is -4.37. The van der Waals surface area contributed by atoms with E-state index in [0.717, 1.165) is 34.4 Å². The van der Waals surface area contributed by atoms with Crippen molar-refractivity contribution in [3.8, 4) is 11.4 Å². The van der Waals surface area contributed by atoms with Crippen LogP contribution in [0.5, 0.6) is 0 Å². The summed E-state index contributed by atoms with van der Waals surface area (Å²) >= 11 is 2.88. The zero-order valence-corrected chi connectivity index (χ0v) is 14.8. The quantitative estimate of drug-likeness (QED) is 0.613. The number of nitrogens with one attached hydrogen (secondary N) is 1. The number of aromatic nitrogens is 4. The Labute approximate surface area is 154 Å². The van der Waals surface area contributed by atoms with Crippen molar-refractivity contribution in [3.05, 3.63) is 35.7 Å². The van der Waals surface area contributed by atoms with Crippen LogP contribution < -0.4 is 5.32 Å². The Kier molecular flexibility index (Phi) is 4.57. The molecule has 4 rings (SSSR count). The molecule has 0 atom stereocenters. The molecule has 6 nitrogen and oxygen atoms in total. The first-order chi connectivity index (χ1) is 12.5. The maximum absolute atomic E-state index is 12.6. The summed E-state index contributed by atoms with van der Waals surface area (Å²) in [5.41, 5.74) is -0.253. The molecule has 0 saturated heterocycles. The lowest BCUT2D eigenvalue weighted by Gasteiger charge is -2.05. The highest BCUT2D eigenvalue weighted by Crippen LogP contribution is 2.32. The Balaban J connectivity index is 1.37. The predicted molar refractivity (Wildman–Crippen MR) is 90.9 cm³/mol. The van der Waals surface area contributed by atoms with Gasteiger partial charge in [0.05, 0.1) is 11.3 Å². The fourth-order valence-corrected chi connectivity index (χ4v) is 3.76. The summed E-state index contributed by atoms with van der Waals surface area (Å²) in [6.45, 7) is 0. The van der Waals surface area contributed by atoms with Crippen LogP contribution in [0.2, 0.25) is 0 Å². The summed E-state index contributed by atoms with van der Waals surface area (Å²) in [6, 6.07) is 5.16. The van der Waals surface area contributed by atoms with Crippen LogP contribution in [0.3, 0.4) is 0 Å². The predicted octanol–water partition coefficient (Wildman–Crippen LogP) is 4.47. The number of anilines is 1. The molecule has 136 valence electrons. The standard InChI is InChI=1S/C15H12F3N5OS2/c16-15(17,18)9-3-1-8(2-4-9)12-20-11(24-23-12)7-25-14-22-21-13(26-14)19-10-5-6-10/h1-4,10H,5-7H2,(H,19,21). The first-order valence-corrected chi connectivity index (χ1v) is 9.50. The number of hydrogen-bond acceptors (Lipinski definition) is 8. The molecule has 0 aliphatic heterocycles. The maximum Gasteiger partial charge on any atom is 0.416 e. The second kappa shape index (κ2) is 6.88. The van der Waals surface area contributed by atoms with E-state index in [1.165, 1.54) is 35.2 Å². The molecular formula is C15H12F3N5OS2. The van der Waals surface area contributed by atoms with Gasteiger partial charge in [-0.15, -0.1) is 10.2 Å². The van der Waals surface area contributed by atoms with Gasteiger partial charge in [0.15, 0.2) is 4.34 Å². The molecule has 0 spiro atoms. The summed E-state index contributed by atoms with van der Waals surface area (Å²) in [5.74, 6) is 1.03. The van der Waals surface area contributed by atoms with E-state index in [2.05, 4.69) is 25.7 Å². The topological polar surface area (TPSA) is 76.7 Å². The molecule has 2 aromatic heterocycles. The van der Waals surface area contributed by atoms with Gasteiger partial charge < -0.3 is 9.84 Å². The van der Waals surface area contributed by atoms with Gasteiger partial charge in [0, 0.05) is 11.6 Å². The van der Waals surface area contributed by atoms with Crippen molar-refractivity contribution in [1.82, 2.24) is 20.3 Å². The highest BCUT2D eigenvalue weighted by Gasteiger charge is 2.30. The van der Waals surface area contributed by atoms with E-state index in [1.54, 1.807) is 0 Å². The minimum absolute atomic E-state index is 0.252. The number of alkyl halides is 3. The zero-order valence-electron chi connectivity index (χ0n) is 13.2. The molecule has 11 heteroatoms. The molecule has 26 heavy (non-hydrogen) atoms. The molecule has 2 heterocycles. The number of thioether (sulfide) groups is 1. The third kappa shape index (κ3) is 4.15. The van der Waals surface area contributed by atoms with Crippen LogP contribution in [-0.2, 0) is 11.9 Å². The smallest absolute Gasteiger partial charge is 0.357 e. The van der Waals surface area contributed by atoms with E-state index < -0.39 is 11.7 Å². The first-order valence-electron chi connectivity index (χ1n) is 7.70. The van der Waals surface area contributed by atoms with Gasteiger partial charge in [-0.1, -0.05) is 40.4 Å². The normalized spacial score (nSPS) is 14.6. The maximum atomic E-state index is 12.6. The zero-order chi connectivity index (χ0) is 18.1. The largest absolute Gasteiger partial charge is 0.416 e. The van der Waals surface area contributed by atoms with E-state index in [4.69, 9.17) is 4.52 Å². The highest BCUT2D eigenvalue weighted by molar-refractivity contribution is 8.00. The summed E-state index contributed by atoms with van der Waals surface area (Å²) in [7, 11) is 0. The lowest BCUT2D eigenvalue weighted by molar-refractivity contribution is -0.137. The van der Waals surface area contributed by atoms with Gasteiger partial charge in [0.25, 0.3) is 0 Å². The van der Waals surface area contributed by atoms with Gasteiger partial charge in [-0.05, 0) is 25.0 Å². The van der Waals surface area contributed by atoms with Crippen molar-refractivity contribution in [1.29, 1.82) is 0 Å². The monoisotopic (exact) mass is 399 g/mol. The van der Waals surface area contributed by atoms with Gasteiger partial charge in [-0.3, -0.25) is 0 Å². The van der Waals surface area contributed by atoms with Gasteiger partial charge in [0.2, 0.25) is 16.8 Å². The van der Waals surface area contributed by atoms with Gasteiger partial charge in [-0.25, -0.2) is 0 Å². The number of halogens is 3. The summed E-state index contributed by atoms with van der Waals surface area (Å²) in [4.78, 5) is 4.21. The lowest BCUT2D eigenvalue weighted by Crippen LogP contribution is -2.04. The molecule has 0 amide bonds. The Hall–Kier alpha value is -2.14. The average molecular weight is 399 g/mol. The van der Waals surface area contributed by atoms with Crippen LogP contribution in [0, 0.1) is 0 Å². The van der Waals surface area contributed by atoms with Crippen molar-refractivity contribution in [2.45, 2.75) is 35.2 Å². The molecule has 3 aromatic rings. The number of benzene rings is 1. The number of rotatable bonds is 6. The Bertz CT molecular complexity index is 889. The Morgan fingerprint density at radius 1 is 1.19 bits per heavy atom. The highest BCUT2D eigenvalue weighted by atomic mass is 32.2. The molecule has 1 N–H and O–H groups in total. The first kappa shape index (κ1) is 17.3. The molecule has 0 unspecified atom stereocenters. The van der Waals surface area contributed by atoms with Crippen molar-refractivity contribution in [3.63, 3.8) is 0 Å². The number of nitrogens with zero attached hydrogens (tertiary/aromatic N) is 4. The summed E-state index contributed by atoms with van der Waals surface area (Å²) in [6.07, 6.45) is -2.04. The molecule has 0 radical (unpaired) electrons. The third-order valence-corrected chi connectivity index (χ3v) is 5.54.